The Morgan fingerprint density at radius 2 is 1.72 bits per heavy atom. The van der Waals surface area contributed by atoms with Crippen LogP contribution in [0.2, 0.25) is 0 Å². The lowest BCUT2D eigenvalue weighted by Crippen LogP contribution is -2.31. The van der Waals surface area contributed by atoms with Gasteiger partial charge in [-0.2, -0.15) is 31.4 Å². The number of hydrogen-bond acceptors (Lipinski definition) is 3. The molecule has 0 fully saturated rings. The third-order valence-corrected chi connectivity index (χ3v) is 4.02. The Kier molecular flexibility index (Phi) is 5.40. The summed E-state index contributed by atoms with van der Waals surface area (Å²) in [4.78, 5) is 12.3. The van der Waals surface area contributed by atoms with Crippen LogP contribution in [0.25, 0.3) is 0 Å². The zero-order valence-electron chi connectivity index (χ0n) is 14.5. The first kappa shape index (κ1) is 20.5. The van der Waals surface area contributed by atoms with Crippen molar-refractivity contribution in [3.63, 3.8) is 0 Å². The third-order valence-electron chi connectivity index (χ3n) is 4.02. The molecule has 1 aromatic carbocycles. The summed E-state index contributed by atoms with van der Waals surface area (Å²) in [6, 6.07) is 4.88. The van der Waals surface area contributed by atoms with Crippen LogP contribution in [-0.2, 0) is 12.4 Å². The molecule has 5 nitrogen and oxygen atoms in total. The average molecular weight is 417 g/mol. The minimum atomic E-state index is -5.04. The van der Waals surface area contributed by atoms with Gasteiger partial charge in [0, 0.05) is 24.5 Å². The lowest BCUT2D eigenvalue weighted by atomic mass is 10.0. The van der Waals surface area contributed by atoms with E-state index in [4.69, 9.17) is 4.42 Å². The number of carbonyl (C=O) groups excluding carboxylic acids is 1. The predicted molar refractivity (Wildman–Crippen MR) is 87.9 cm³/mol. The molecular formula is C18H13F6N3O2. The van der Waals surface area contributed by atoms with Gasteiger partial charge in [0.15, 0.2) is 0 Å². The van der Waals surface area contributed by atoms with Crippen LogP contribution in [0.4, 0.5) is 26.3 Å². The SMILES string of the molecule is O=C(NCC(c1ccco1)n1cccn1)c1cc(C(F)(F)F)cc(C(F)(F)F)c1. The topological polar surface area (TPSA) is 60.1 Å². The lowest BCUT2D eigenvalue weighted by molar-refractivity contribution is -0.143. The zero-order chi connectivity index (χ0) is 21.2. The molecular weight excluding hydrogens is 404 g/mol. The molecule has 0 aliphatic carbocycles. The molecule has 3 rings (SSSR count). The van der Waals surface area contributed by atoms with Crippen molar-refractivity contribution < 1.29 is 35.6 Å². The molecule has 0 aliphatic rings. The number of halogens is 6. The van der Waals surface area contributed by atoms with E-state index >= 15 is 0 Å². The van der Waals surface area contributed by atoms with E-state index in [0.29, 0.717) is 17.9 Å². The fourth-order valence-electron chi connectivity index (χ4n) is 2.65. The first-order valence-electron chi connectivity index (χ1n) is 8.16. The molecule has 154 valence electrons. The molecule has 3 aromatic rings. The number of aromatic nitrogens is 2. The van der Waals surface area contributed by atoms with Gasteiger partial charge in [0.25, 0.3) is 5.91 Å². The van der Waals surface area contributed by atoms with E-state index < -0.39 is 41.0 Å². The Bertz CT molecular complexity index is 896. The van der Waals surface area contributed by atoms with E-state index in [9.17, 15) is 31.1 Å². The monoisotopic (exact) mass is 417 g/mol. The maximum Gasteiger partial charge on any atom is 0.416 e. The normalized spacial score (nSPS) is 13.3. The molecule has 0 spiro atoms. The quantitative estimate of drug-likeness (QED) is 0.621. The zero-order valence-corrected chi connectivity index (χ0v) is 14.5. The number of alkyl halides is 6. The Balaban J connectivity index is 1.86. The van der Waals surface area contributed by atoms with E-state index in [0.717, 1.165) is 0 Å². The second-order valence-electron chi connectivity index (χ2n) is 6.02. The van der Waals surface area contributed by atoms with E-state index in [1.165, 1.54) is 17.1 Å². The van der Waals surface area contributed by atoms with Gasteiger partial charge in [-0.3, -0.25) is 9.48 Å². The van der Waals surface area contributed by atoms with Crippen molar-refractivity contribution >= 4 is 5.91 Å². The van der Waals surface area contributed by atoms with Crippen molar-refractivity contribution in [1.29, 1.82) is 0 Å². The second-order valence-corrected chi connectivity index (χ2v) is 6.02. The number of nitrogens with zero attached hydrogens (tertiary/aromatic N) is 2. The standard InChI is InChI=1S/C18H13F6N3O2/c19-17(20,21)12-7-11(8-13(9-12)18(22,23)24)16(28)25-10-14(15-3-1-6-29-15)27-5-2-4-26-27/h1-9,14H,10H2,(H,25,28). The molecule has 0 aliphatic heterocycles. The molecule has 1 N–H and O–H groups in total. The first-order chi connectivity index (χ1) is 13.6. The van der Waals surface area contributed by atoms with Gasteiger partial charge < -0.3 is 9.73 Å². The number of carbonyl (C=O) groups is 1. The highest BCUT2D eigenvalue weighted by Gasteiger charge is 2.37. The molecule has 1 atom stereocenters. The summed E-state index contributed by atoms with van der Waals surface area (Å²) in [6.07, 6.45) is -5.65. The van der Waals surface area contributed by atoms with Crippen molar-refractivity contribution in [2.45, 2.75) is 18.4 Å². The highest BCUT2D eigenvalue weighted by atomic mass is 19.4. The number of amides is 1. The van der Waals surface area contributed by atoms with Gasteiger partial charge in [0.2, 0.25) is 0 Å². The van der Waals surface area contributed by atoms with E-state index in [-0.39, 0.29) is 12.6 Å². The van der Waals surface area contributed by atoms with Crippen molar-refractivity contribution in [3.8, 4) is 0 Å². The minimum absolute atomic E-state index is 0.0355. The molecule has 0 saturated heterocycles. The molecule has 11 heteroatoms. The summed E-state index contributed by atoms with van der Waals surface area (Å²) < 4.78 is 84.5. The largest absolute Gasteiger partial charge is 0.467 e. The summed E-state index contributed by atoms with van der Waals surface area (Å²) in [7, 11) is 0. The Morgan fingerprint density at radius 3 is 2.21 bits per heavy atom. The number of rotatable bonds is 5. The fraction of sp³-hybridized carbons (Fsp3) is 0.222. The molecule has 0 bridgehead atoms. The van der Waals surface area contributed by atoms with Crippen LogP contribution in [-0.4, -0.2) is 22.2 Å². The summed E-state index contributed by atoms with van der Waals surface area (Å²) in [5.74, 6) is -0.695. The van der Waals surface area contributed by atoms with Crippen molar-refractivity contribution in [3.05, 3.63) is 77.5 Å². The highest BCUT2D eigenvalue weighted by molar-refractivity contribution is 5.94. The number of benzene rings is 1. The second kappa shape index (κ2) is 7.64. The van der Waals surface area contributed by atoms with Gasteiger partial charge in [-0.25, -0.2) is 0 Å². The third kappa shape index (κ3) is 4.79. The first-order valence-corrected chi connectivity index (χ1v) is 8.16. The summed E-state index contributed by atoms with van der Waals surface area (Å²) in [6.45, 7) is -0.175. The number of nitrogens with one attached hydrogen (secondary N) is 1. The van der Waals surface area contributed by atoms with Gasteiger partial charge in [0.1, 0.15) is 11.8 Å². The van der Waals surface area contributed by atoms with Crippen molar-refractivity contribution in [2.75, 3.05) is 6.54 Å². The van der Waals surface area contributed by atoms with E-state index in [2.05, 4.69) is 10.4 Å². The Labute approximate surface area is 159 Å². The van der Waals surface area contributed by atoms with Gasteiger partial charge in [-0.05, 0) is 36.4 Å². The van der Waals surface area contributed by atoms with E-state index in [1.54, 1.807) is 24.4 Å². The van der Waals surface area contributed by atoms with Crippen LogP contribution in [0, 0.1) is 0 Å². The van der Waals surface area contributed by atoms with Crippen molar-refractivity contribution in [1.82, 2.24) is 15.1 Å². The molecule has 1 unspecified atom stereocenters. The highest BCUT2D eigenvalue weighted by Crippen LogP contribution is 2.36. The predicted octanol–water partition coefficient (Wildman–Crippen LogP) is 4.53. The van der Waals surface area contributed by atoms with Crippen LogP contribution in [0.1, 0.15) is 33.3 Å². The Morgan fingerprint density at radius 1 is 1.07 bits per heavy atom. The van der Waals surface area contributed by atoms with Crippen LogP contribution < -0.4 is 5.32 Å². The fourth-order valence-corrected chi connectivity index (χ4v) is 2.65. The van der Waals surface area contributed by atoms with Gasteiger partial charge in [0.05, 0.1) is 17.4 Å². The Hall–Kier alpha value is -3.24. The molecule has 0 saturated carbocycles. The van der Waals surface area contributed by atoms with Crippen molar-refractivity contribution in [2.24, 2.45) is 0 Å². The van der Waals surface area contributed by atoms with Gasteiger partial charge in [-0.1, -0.05) is 0 Å². The van der Waals surface area contributed by atoms with Gasteiger partial charge >= 0.3 is 12.4 Å². The smallest absolute Gasteiger partial charge is 0.416 e. The maximum absolute atomic E-state index is 13.0. The summed E-state index contributed by atoms with van der Waals surface area (Å²) in [5, 5.41) is 6.36. The molecule has 2 heterocycles. The van der Waals surface area contributed by atoms with Crippen LogP contribution in [0.15, 0.2) is 59.5 Å². The molecule has 0 radical (unpaired) electrons. The van der Waals surface area contributed by atoms with Crippen LogP contribution in [0.3, 0.4) is 0 Å². The van der Waals surface area contributed by atoms with Crippen LogP contribution >= 0.6 is 0 Å². The molecule has 2 aromatic heterocycles. The van der Waals surface area contributed by atoms with Gasteiger partial charge in [-0.15, -0.1) is 0 Å². The minimum Gasteiger partial charge on any atom is -0.467 e. The van der Waals surface area contributed by atoms with E-state index in [1.807, 2.05) is 0 Å². The summed E-state index contributed by atoms with van der Waals surface area (Å²) >= 11 is 0. The summed E-state index contributed by atoms with van der Waals surface area (Å²) in [5.41, 5.74) is -3.88. The maximum atomic E-state index is 13.0. The lowest BCUT2D eigenvalue weighted by Gasteiger charge is -2.17. The average Bonchev–Trinajstić information content (AvgIpc) is 3.34. The molecule has 29 heavy (non-hydrogen) atoms. The van der Waals surface area contributed by atoms with Crippen LogP contribution in [0.5, 0.6) is 0 Å². The number of hydrogen-bond donors (Lipinski definition) is 1. The number of furan rings is 1. The molecule has 1 amide bonds.